The fraction of sp³-hybridized carbons (Fsp3) is 0.0714. The van der Waals surface area contributed by atoms with Crippen molar-refractivity contribution in [2.24, 2.45) is 0 Å². The summed E-state index contributed by atoms with van der Waals surface area (Å²) < 4.78 is 13.5. The van der Waals surface area contributed by atoms with Gasteiger partial charge >= 0.3 is 0 Å². The number of halogens is 2. The molecule has 0 radical (unpaired) electrons. The van der Waals surface area contributed by atoms with Crippen LogP contribution in [0.3, 0.4) is 0 Å². The number of hydrogen-bond acceptors (Lipinski definition) is 2. The van der Waals surface area contributed by atoms with Crippen LogP contribution in [-0.4, -0.2) is 12.2 Å². The first kappa shape index (κ1) is 13.9. The highest BCUT2D eigenvalue weighted by Gasteiger charge is 2.09. The molecule has 0 aliphatic carbocycles. The number of rotatable bonds is 3. The van der Waals surface area contributed by atoms with Crippen molar-refractivity contribution in [2.45, 2.75) is 4.90 Å². The first-order valence-electron chi connectivity index (χ1n) is 5.50. The molecule has 2 aromatic rings. The molecule has 0 saturated carbocycles. The number of nitrogens with one attached hydrogen (secondary N) is 1. The molecule has 0 aliphatic heterocycles. The zero-order valence-electron chi connectivity index (χ0n) is 10.1. The molecule has 19 heavy (non-hydrogen) atoms. The number of anilines is 1. The highest BCUT2D eigenvalue weighted by atomic mass is 35.5. The third kappa shape index (κ3) is 3.49. The summed E-state index contributed by atoms with van der Waals surface area (Å²) in [6, 6.07) is 11.2. The second kappa shape index (κ2) is 6.08. The minimum Gasteiger partial charge on any atom is -0.319 e. The second-order valence-corrected chi connectivity index (χ2v) is 5.12. The maximum Gasteiger partial charge on any atom is 0.255 e. The quantitative estimate of drug-likeness (QED) is 0.847. The first-order valence-corrected chi connectivity index (χ1v) is 7.11. The number of hydrogen-bond donors (Lipinski definition) is 1. The minimum atomic E-state index is -0.554. The van der Waals surface area contributed by atoms with E-state index in [1.54, 1.807) is 23.9 Å². The summed E-state index contributed by atoms with van der Waals surface area (Å²) in [7, 11) is 0. The average molecular weight is 296 g/mol. The summed E-state index contributed by atoms with van der Waals surface area (Å²) in [6.45, 7) is 0. The normalized spacial score (nSPS) is 10.3. The fourth-order valence-electron chi connectivity index (χ4n) is 1.53. The van der Waals surface area contributed by atoms with Crippen LogP contribution < -0.4 is 5.32 Å². The van der Waals surface area contributed by atoms with Crippen LogP contribution in [0.15, 0.2) is 47.4 Å². The van der Waals surface area contributed by atoms with Crippen molar-refractivity contribution in [1.29, 1.82) is 0 Å². The largest absolute Gasteiger partial charge is 0.319 e. The Balaban J connectivity index is 2.15. The SMILES string of the molecule is CSc1ccc(C(=O)Nc2ccc(Cl)cc2F)cc1. The van der Waals surface area contributed by atoms with E-state index < -0.39 is 5.82 Å². The van der Waals surface area contributed by atoms with Gasteiger partial charge in [-0.25, -0.2) is 4.39 Å². The predicted molar refractivity (Wildman–Crippen MR) is 77.6 cm³/mol. The Hall–Kier alpha value is -1.52. The fourth-order valence-corrected chi connectivity index (χ4v) is 2.09. The molecule has 2 nitrogen and oxygen atoms in total. The molecule has 0 aliphatic rings. The molecule has 1 amide bonds. The molecule has 2 aromatic carbocycles. The van der Waals surface area contributed by atoms with E-state index in [-0.39, 0.29) is 11.6 Å². The Morgan fingerprint density at radius 2 is 1.89 bits per heavy atom. The van der Waals surface area contributed by atoms with Crippen LogP contribution in [0.1, 0.15) is 10.4 Å². The summed E-state index contributed by atoms with van der Waals surface area (Å²) >= 11 is 7.24. The van der Waals surface area contributed by atoms with Crippen LogP contribution in [0.4, 0.5) is 10.1 Å². The molecule has 0 saturated heterocycles. The van der Waals surface area contributed by atoms with E-state index in [0.717, 1.165) is 11.0 Å². The number of carbonyl (C=O) groups excluding carboxylic acids is 1. The lowest BCUT2D eigenvalue weighted by atomic mass is 10.2. The summed E-state index contributed by atoms with van der Waals surface area (Å²) in [6.07, 6.45) is 1.96. The second-order valence-electron chi connectivity index (χ2n) is 3.81. The molecule has 0 unspecified atom stereocenters. The van der Waals surface area contributed by atoms with Crippen LogP contribution in [0.5, 0.6) is 0 Å². The number of amides is 1. The Kier molecular flexibility index (Phi) is 4.45. The van der Waals surface area contributed by atoms with E-state index in [4.69, 9.17) is 11.6 Å². The lowest BCUT2D eigenvalue weighted by Crippen LogP contribution is -2.12. The number of thioether (sulfide) groups is 1. The third-order valence-corrected chi connectivity index (χ3v) is 3.51. The van der Waals surface area contributed by atoms with Crippen LogP contribution in [0.2, 0.25) is 5.02 Å². The molecule has 0 aromatic heterocycles. The van der Waals surface area contributed by atoms with Gasteiger partial charge in [-0.2, -0.15) is 0 Å². The molecule has 1 N–H and O–H groups in total. The summed E-state index contributed by atoms with van der Waals surface area (Å²) in [5, 5.41) is 2.80. The van der Waals surface area contributed by atoms with Crippen LogP contribution in [-0.2, 0) is 0 Å². The molecule has 0 atom stereocenters. The van der Waals surface area contributed by atoms with E-state index >= 15 is 0 Å². The zero-order valence-corrected chi connectivity index (χ0v) is 11.7. The van der Waals surface area contributed by atoms with Crippen LogP contribution >= 0.6 is 23.4 Å². The van der Waals surface area contributed by atoms with Gasteiger partial charge in [0, 0.05) is 15.5 Å². The zero-order chi connectivity index (χ0) is 13.8. The maximum atomic E-state index is 13.5. The maximum absolute atomic E-state index is 13.5. The smallest absolute Gasteiger partial charge is 0.255 e. The minimum absolute atomic E-state index is 0.114. The van der Waals surface area contributed by atoms with Crippen LogP contribution in [0.25, 0.3) is 0 Å². The lowest BCUT2D eigenvalue weighted by Gasteiger charge is -2.07. The van der Waals surface area contributed by atoms with Crippen molar-refractivity contribution in [3.8, 4) is 0 Å². The highest BCUT2D eigenvalue weighted by molar-refractivity contribution is 7.98. The van der Waals surface area contributed by atoms with E-state index in [1.807, 2.05) is 18.4 Å². The highest BCUT2D eigenvalue weighted by Crippen LogP contribution is 2.20. The van der Waals surface area contributed by atoms with Gasteiger partial charge in [-0.05, 0) is 48.7 Å². The van der Waals surface area contributed by atoms with E-state index in [0.29, 0.717) is 10.6 Å². The van der Waals surface area contributed by atoms with Crippen molar-refractivity contribution in [3.63, 3.8) is 0 Å². The van der Waals surface area contributed by atoms with Crippen LogP contribution in [0, 0.1) is 5.82 Å². The van der Waals surface area contributed by atoms with Gasteiger partial charge in [0.05, 0.1) is 5.69 Å². The first-order chi connectivity index (χ1) is 9.10. The van der Waals surface area contributed by atoms with Gasteiger partial charge in [0.2, 0.25) is 0 Å². The van der Waals surface area contributed by atoms with Gasteiger partial charge in [0.15, 0.2) is 0 Å². The molecular weight excluding hydrogens is 285 g/mol. The van der Waals surface area contributed by atoms with Crippen molar-refractivity contribution in [1.82, 2.24) is 0 Å². The van der Waals surface area contributed by atoms with E-state index in [9.17, 15) is 9.18 Å². The Labute approximate surface area is 120 Å². The van der Waals surface area contributed by atoms with Gasteiger partial charge < -0.3 is 5.32 Å². The van der Waals surface area contributed by atoms with E-state index in [2.05, 4.69) is 5.32 Å². The van der Waals surface area contributed by atoms with Crippen molar-refractivity contribution >= 4 is 35.0 Å². The molecule has 0 heterocycles. The molecular formula is C14H11ClFNOS. The number of benzene rings is 2. The van der Waals surface area contributed by atoms with E-state index in [1.165, 1.54) is 12.1 Å². The molecule has 5 heteroatoms. The molecule has 0 spiro atoms. The van der Waals surface area contributed by atoms with Crippen molar-refractivity contribution in [3.05, 3.63) is 58.9 Å². The Morgan fingerprint density at radius 1 is 1.21 bits per heavy atom. The van der Waals surface area contributed by atoms with Gasteiger partial charge in [-0.15, -0.1) is 11.8 Å². The summed E-state index contributed by atoms with van der Waals surface area (Å²) in [5.41, 5.74) is 0.593. The molecule has 2 rings (SSSR count). The van der Waals surface area contributed by atoms with Gasteiger partial charge in [0.25, 0.3) is 5.91 Å². The molecule has 98 valence electrons. The average Bonchev–Trinajstić information content (AvgIpc) is 2.42. The third-order valence-electron chi connectivity index (χ3n) is 2.53. The van der Waals surface area contributed by atoms with Gasteiger partial charge in [0.1, 0.15) is 5.82 Å². The Bertz CT molecular complexity index is 601. The summed E-state index contributed by atoms with van der Waals surface area (Å²) in [4.78, 5) is 13.0. The van der Waals surface area contributed by atoms with Crippen molar-refractivity contribution < 1.29 is 9.18 Å². The number of carbonyl (C=O) groups is 1. The monoisotopic (exact) mass is 295 g/mol. The topological polar surface area (TPSA) is 29.1 Å². The summed E-state index contributed by atoms with van der Waals surface area (Å²) in [5.74, 6) is -0.907. The molecule has 0 fully saturated rings. The van der Waals surface area contributed by atoms with Gasteiger partial charge in [-0.1, -0.05) is 11.6 Å². The lowest BCUT2D eigenvalue weighted by molar-refractivity contribution is 0.102. The molecule has 0 bridgehead atoms. The Morgan fingerprint density at radius 3 is 2.47 bits per heavy atom. The standard InChI is InChI=1S/C14H11ClFNOS/c1-19-11-5-2-9(3-6-11)14(18)17-13-7-4-10(15)8-12(13)16/h2-8H,1H3,(H,17,18). The van der Waals surface area contributed by atoms with Gasteiger partial charge in [-0.3, -0.25) is 4.79 Å². The predicted octanol–water partition coefficient (Wildman–Crippen LogP) is 4.45. The van der Waals surface area contributed by atoms with Crippen molar-refractivity contribution in [2.75, 3.05) is 11.6 Å².